The van der Waals surface area contributed by atoms with Crippen LogP contribution in [0.5, 0.6) is 0 Å². The summed E-state index contributed by atoms with van der Waals surface area (Å²) in [4.78, 5) is 0. The van der Waals surface area contributed by atoms with Crippen molar-refractivity contribution in [3.8, 4) is 17.1 Å². The zero-order valence-corrected chi connectivity index (χ0v) is 14.5. The maximum absolute atomic E-state index is 4.54. The number of para-hydroxylation sites is 1. The summed E-state index contributed by atoms with van der Waals surface area (Å²) in [5, 5.41) is 9.06. The number of aromatic nitrogens is 3. The van der Waals surface area contributed by atoms with Crippen LogP contribution < -0.4 is 0 Å². The Morgan fingerprint density at radius 1 is 0.783 bits per heavy atom. The van der Waals surface area contributed by atoms with Gasteiger partial charge in [0, 0.05) is 11.0 Å². The Morgan fingerprint density at radius 2 is 1.39 bits per heavy atom. The van der Waals surface area contributed by atoms with Crippen LogP contribution in [0.15, 0.2) is 48.5 Å². The van der Waals surface area contributed by atoms with Gasteiger partial charge in [0.25, 0.3) is 0 Å². The van der Waals surface area contributed by atoms with E-state index in [1.165, 1.54) is 16.8 Å². The lowest BCUT2D eigenvalue weighted by Crippen LogP contribution is -2.19. The van der Waals surface area contributed by atoms with Gasteiger partial charge in [0.05, 0.1) is 5.69 Å². The number of rotatable bonds is 2. The first kappa shape index (κ1) is 15.5. The minimum absolute atomic E-state index is 0.0885. The molecule has 0 fully saturated rings. The van der Waals surface area contributed by atoms with Crippen molar-refractivity contribution in [3.05, 3.63) is 65.5 Å². The third kappa shape index (κ3) is 2.79. The number of aryl methyl sites for hydroxylation is 2. The average molecular weight is 305 g/mol. The summed E-state index contributed by atoms with van der Waals surface area (Å²) < 4.78 is 2.22. The lowest BCUT2D eigenvalue weighted by atomic mass is 9.95. The van der Waals surface area contributed by atoms with Crippen molar-refractivity contribution in [2.45, 2.75) is 40.0 Å². The van der Waals surface area contributed by atoms with E-state index in [4.69, 9.17) is 0 Å². The van der Waals surface area contributed by atoms with E-state index in [2.05, 4.69) is 79.7 Å². The van der Waals surface area contributed by atoms with Gasteiger partial charge in [0.1, 0.15) is 5.82 Å². The van der Waals surface area contributed by atoms with E-state index in [1.54, 1.807) is 0 Å². The molecule has 0 unspecified atom stereocenters. The molecule has 1 aromatic heterocycles. The Hall–Kier alpha value is -2.42. The maximum Gasteiger partial charge on any atom is 0.168 e. The molecule has 0 aliphatic heterocycles. The summed E-state index contributed by atoms with van der Waals surface area (Å²) in [6.45, 7) is 10.8. The highest BCUT2D eigenvalue weighted by molar-refractivity contribution is 5.61. The van der Waals surface area contributed by atoms with Crippen molar-refractivity contribution in [1.82, 2.24) is 14.8 Å². The van der Waals surface area contributed by atoms with Crippen molar-refractivity contribution >= 4 is 0 Å². The van der Waals surface area contributed by atoms with Gasteiger partial charge in [-0.2, -0.15) is 0 Å². The largest absolute Gasteiger partial charge is 0.278 e. The fourth-order valence-electron chi connectivity index (χ4n) is 2.91. The predicted molar refractivity (Wildman–Crippen MR) is 95.0 cm³/mol. The number of hydrogen-bond acceptors (Lipinski definition) is 2. The summed E-state index contributed by atoms with van der Waals surface area (Å²) in [6, 6.07) is 16.6. The van der Waals surface area contributed by atoms with E-state index in [0.29, 0.717) is 0 Å². The Balaban J connectivity index is 2.35. The molecule has 0 radical (unpaired) electrons. The predicted octanol–water partition coefficient (Wildman–Crippen LogP) is 4.85. The highest BCUT2D eigenvalue weighted by Gasteiger charge is 2.26. The highest BCUT2D eigenvalue weighted by Crippen LogP contribution is 2.32. The van der Waals surface area contributed by atoms with Crippen LogP contribution in [0.4, 0.5) is 0 Å². The molecule has 0 amide bonds. The molecule has 1 heterocycles. The minimum atomic E-state index is -0.0885. The van der Waals surface area contributed by atoms with E-state index in [9.17, 15) is 0 Å². The van der Waals surface area contributed by atoms with Crippen molar-refractivity contribution in [2.24, 2.45) is 0 Å². The second-order valence-corrected chi connectivity index (χ2v) is 7.04. The fraction of sp³-hybridized carbons (Fsp3) is 0.300. The number of benzene rings is 2. The molecule has 3 nitrogen and oxygen atoms in total. The molecule has 0 bridgehead atoms. The summed E-state index contributed by atoms with van der Waals surface area (Å²) in [5.41, 5.74) is 4.63. The molecule has 0 saturated carbocycles. The van der Waals surface area contributed by atoms with Crippen molar-refractivity contribution < 1.29 is 0 Å². The zero-order valence-electron chi connectivity index (χ0n) is 14.5. The Morgan fingerprint density at radius 3 is 1.96 bits per heavy atom. The van der Waals surface area contributed by atoms with E-state index in [0.717, 1.165) is 17.2 Å². The first-order valence-electron chi connectivity index (χ1n) is 7.97. The molecule has 0 spiro atoms. The molecule has 3 rings (SSSR count). The second kappa shape index (κ2) is 5.65. The van der Waals surface area contributed by atoms with Crippen LogP contribution >= 0.6 is 0 Å². The van der Waals surface area contributed by atoms with Gasteiger partial charge < -0.3 is 0 Å². The van der Waals surface area contributed by atoms with Gasteiger partial charge in [0.2, 0.25) is 0 Å². The van der Waals surface area contributed by atoms with E-state index < -0.39 is 0 Å². The highest BCUT2D eigenvalue weighted by atomic mass is 15.3. The first-order valence-corrected chi connectivity index (χ1v) is 7.97. The summed E-state index contributed by atoms with van der Waals surface area (Å²) in [6.07, 6.45) is 0. The van der Waals surface area contributed by atoms with Crippen LogP contribution in [0.1, 0.15) is 37.7 Å². The third-order valence-corrected chi connectivity index (χ3v) is 4.03. The van der Waals surface area contributed by atoms with E-state index in [1.807, 2.05) is 18.2 Å². The van der Waals surface area contributed by atoms with Gasteiger partial charge in [-0.1, -0.05) is 69.3 Å². The van der Waals surface area contributed by atoms with Crippen LogP contribution in [0.2, 0.25) is 0 Å². The van der Waals surface area contributed by atoms with Gasteiger partial charge in [-0.15, -0.1) is 10.2 Å². The number of nitrogens with zero attached hydrogens (tertiary/aromatic N) is 3. The lowest BCUT2D eigenvalue weighted by Gasteiger charge is -2.22. The molecule has 0 atom stereocenters. The molecule has 3 heteroatoms. The van der Waals surface area contributed by atoms with Gasteiger partial charge >= 0.3 is 0 Å². The quantitative estimate of drug-likeness (QED) is 0.677. The molecule has 0 aliphatic carbocycles. The summed E-state index contributed by atoms with van der Waals surface area (Å²) in [5.74, 6) is 1.88. The van der Waals surface area contributed by atoms with Gasteiger partial charge in [-0.25, -0.2) is 0 Å². The summed E-state index contributed by atoms with van der Waals surface area (Å²) >= 11 is 0. The van der Waals surface area contributed by atoms with Gasteiger partial charge in [0.15, 0.2) is 5.82 Å². The molecular weight excluding hydrogens is 282 g/mol. The minimum Gasteiger partial charge on any atom is -0.278 e. The molecule has 0 aliphatic rings. The van der Waals surface area contributed by atoms with Crippen molar-refractivity contribution in [1.29, 1.82) is 0 Å². The number of hydrogen-bond donors (Lipinski definition) is 0. The third-order valence-electron chi connectivity index (χ3n) is 4.03. The zero-order chi connectivity index (χ0) is 16.6. The van der Waals surface area contributed by atoms with Crippen LogP contribution in [0.25, 0.3) is 17.1 Å². The van der Waals surface area contributed by atoms with Crippen LogP contribution in [-0.4, -0.2) is 14.8 Å². The first-order chi connectivity index (χ1) is 10.9. The molecular formula is C20H23N3. The molecule has 0 saturated heterocycles. The molecule has 2 aromatic carbocycles. The Bertz CT molecular complexity index is 804. The Labute approximate surface area is 138 Å². The van der Waals surface area contributed by atoms with Gasteiger partial charge in [-0.05, 0) is 25.0 Å². The summed E-state index contributed by atoms with van der Waals surface area (Å²) in [7, 11) is 0. The standard InChI is InChI=1S/C20H23N3/c1-14-10-9-11-15(2)17(14)23-18(16-12-7-6-8-13-16)21-22-19(23)20(3,4)5/h6-13H,1-5H3. The second-order valence-electron chi connectivity index (χ2n) is 7.04. The smallest absolute Gasteiger partial charge is 0.168 e. The maximum atomic E-state index is 4.54. The SMILES string of the molecule is Cc1cccc(C)c1-n1c(-c2ccccc2)nnc1C(C)(C)C. The topological polar surface area (TPSA) is 30.7 Å². The molecule has 118 valence electrons. The monoisotopic (exact) mass is 305 g/mol. The average Bonchev–Trinajstić information content (AvgIpc) is 2.93. The lowest BCUT2D eigenvalue weighted by molar-refractivity contribution is 0.533. The van der Waals surface area contributed by atoms with Crippen molar-refractivity contribution in [3.63, 3.8) is 0 Å². The molecule has 0 N–H and O–H groups in total. The van der Waals surface area contributed by atoms with Crippen molar-refractivity contribution in [2.75, 3.05) is 0 Å². The molecule has 3 aromatic rings. The molecule has 23 heavy (non-hydrogen) atoms. The van der Waals surface area contributed by atoms with Gasteiger partial charge in [-0.3, -0.25) is 4.57 Å². The Kier molecular flexibility index (Phi) is 3.80. The normalized spacial score (nSPS) is 11.7. The van der Waals surface area contributed by atoms with Crippen LogP contribution in [0.3, 0.4) is 0 Å². The van der Waals surface area contributed by atoms with Crippen LogP contribution in [-0.2, 0) is 5.41 Å². The van der Waals surface area contributed by atoms with Crippen LogP contribution in [0, 0.1) is 13.8 Å². The van der Waals surface area contributed by atoms with E-state index >= 15 is 0 Å². The fourth-order valence-corrected chi connectivity index (χ4v) is 2.91. The van der Waals surface area contributed by atoms with E-state index in [-0.39, 0.29) is 5.41 Å².